The SMILES string of the molecule is CCNCC(C)(CN(C)C(C)CC(C)C)c1ccccc1. The van der Waals surface area contributed by atoms with E-state index in [-0.39, 0.29) is 5.41 Å². The number of benzene rings is 1. The van der Waals surface area contributed by atoms with Gasteiger partial charge in [0.25, 0.3) is 0 Å². The van der Waals surface area contributed by atoms with Gasteiger partial charge in [-0.3, -0.25) is 0 Å². The van der Waals surface area contributed by atoms with Crippen molar-refractivity contribution in [3.8, 4) is 0 Å². The number of rotatable bonds is 9. The molecule has 2 heteroatoms. The maximum atomic E-state index is 3.55. The van der Waals surface area contributed by atoms with Crippen LogP contribution in [0, 0.1) is 5.92 Å². The minimum Gasteiger partial charge on any atom is -0.316 e. The van der Waals surface area contributed by atoms with E-state index in [9.17, 15) is 0 Å². The fourth-order valence-electron chi connectivity index (χ4n) is 3.06. The average molecular weight is 290 g/mol. The molecule has 1 aromatic carbocycles. The predicted molar refractivity (Wildman–Crippen MR) is 93.9 cm³/mol. The van der Waals surface area contributed by atoms with Crippen molar-refractivity contribution in [3.63, 3.8) is 0 Å². The largest absolute Gasteiger partial charge is 0.316 e. The van der Waals surface area contributed by atoms with Crippen LogP contribution in [0.4, 0.5) is 0 Å². The summed E-state index contributed by atoms with van der Waals surface area (Å²) in [7, 11) is 2.26. The molecule has 0 saturated carbocycles. The van der Waals surface area contributed by atoms with Gasteiger partial charge in [0.05, 0.1) is 0 Å². The summed E-state index contributed by atoms with van der Waals surface area (Å²) >= 11 is 0. The molecule has 1 rings (SSSR count). The van der Waals surface area contributed by atoms with Gasteiger partial charge in [0.1, 0.15) is 0 Å². The second kappa shape index (κ2) is 8.55. The van der Waals surface area contributed by atoms with E-state index < -0.39 is 0 Å². The highest BCUT2D eigenvalue weighted by molar-refractivity contribution is 5.25. The first kappa shape index (κ1) is 18.2. The van der Waals surface area contributed by atoms with Crippen molar-refractivity contribution in [2.75, 3.05) is 26.7 Å². The van der Waals surface area contributed by atoms with Crippen LogP contribution in [0.1, 0.15) is 46.6 Å². The minimum atomic E-state index is 0.150. The van der Waals surface area contributed by atoms with Gasteiger partial charge in [0.15, 0.2) is 0 Å². The van der Waals surface area contributed by atoms with Gasteiger partial charge in [0, 0.05) is 24.5 Å². The van der Waals surface area contributed by atoms with Crippen LogP contribution in [0.3, 0.4) is 0 Å². The Bertz CT molecular complexity index is 388. The molecule has 0 spiro atoms. The standard InChI is InChI=1S/C19H34N2/c1-7-20-14-19(5,18-11-9-8-10-12-18)15-21(6)17(4)13-16(2)3/h8-12,16-17,20H,7,13-15H2,1-6H3. The Morgan fingerprint density at radius 2 is 1.76 bits per heavy atom. The first-order chi connectivity index (χ1) is 9.89. The Morgan fingerprint density at radius 1 is 1.14 bits per heavy atom. The summed E-state index contributed by atoms with van der Waals surface area (Å²) in [5, 5.41) is 3.55. The summed E-state index contributed by atoms with van der Waals surface area (Å²) in [5.74, 6) is 0.749. The monoisotopic (exact) mass is 290 g/mol. The van der Waals surface area contributed by atoms with Gasteiger partial charge in [-0.15, -0.1) is 0 Å². The second-order valence-electron chi connectivity index (χ2n) is 7.10. The molecular weight excluding hydrogens is 256 g/mol. The maximum Gasteiger partial charge on any atom is 0.0177 e. The number of nitrogens with zero attached hydrogens (tertiary/aromatic N) is 1. The molecule has 2 unspecified atom stereocenters. The zero-order valence-corrected chi connectivity index (χ0v) is 14.8. The highest BCUT2D eigenvalue weighted by Gasteiger charge is 2.29. The predicted octanol–water partition coefficient (Wildman–Crippen LogP) is 3.92. The second-order valence-corrected chi connectivity index (χ2v) is 7.10. The highest BCUT2D eigenvalue weighted by Crippen LogP contribution is 2.25. The molecule has 0 radical (unpaired) electrons. The van der Waals surface area contributed by atoms with Gasteiger partial charge >= 0.3 is 0 Å². The van der Waals surface area contributed by atoms with E-state index in [0.29, 0.717) is 6.04 Å². The molecule has 2 nitrogen and oxygen atoms in total. The van der Waals surface area contributed by atoms with Crippen LogP contribution in [0.5, 0.6) is 0 Å². The highest BCUT2D eigenvalue weighted by atomic mass is 15.1. The summed E-state index contributed by atoms with van der Waals surface area (Å²) in [6, 6.07) is 11.5. The van der Waals surface area contributed by atoms with E-state index in [4.69, 9.17) is 0 Å². The van der Waals surface area contributed by atoms with Gasteiger partial charge in [-0.05, 0) is 38.4 Å². The summed E-state index contributed by atoms with van der Waals surface area (Å²) in [4.78, 5) is 2.52. The Hall–Kier alpha value is -0.860. The molecule has 0 aliphatic carbocycles. The van der Waals surface area contributed by atoms with Gasteiger partial charge in [-0.1, -0.05) is 58.0 Å². The summed E-state index contributed by atoms with van der Waals surface area (Å²) < 4.78 is 0. The van der Waals surface area contributed by atoms with Gasteiger partial charge < -0.3 is 10.2 Å². The first-order valence-electron chi connectivity index (χ1n) is 8.35. The van der Waals surface area contributed by atoms with Crippen LogP contribution in [-0.4, -0.2) is 37.6 Å². The Balaban J connectivity index is 2.83. The smallest absolute Gasteiger partial charge is 0.0177 e. The third-order valence-corrected chi connectivity index (χ3v) is 4.40. The van der Waals surface area contributed by atoms with Gasteiger partial charge in [-0.2, -0.15) is 0 Å². The van der Waals surface area contributed by atoms with Crippen molar-refractivity contribution >= 4 is 0 Å². The minimum absolute atomic E-state index is 0.150. The zero-order valence-electron chi connectivity index (χ0n) is 14.8. The topological polar surface area (TPSA) is 15.3 Å². The van der Waals surface area contributed by atoms with Crippen molar-refractivity contribution < 1.29 is 0 Å². The van der Waals surface area contributed by atoms with Crippen LogP contribution >= 0.6 is 0 Å². The molecule has 120 valence electrons. The maximum absolute atomic E-state index is 3.55. The lowest BCUT2D eigenvalue weighted by Crippen LogP contribution is -2.47. The average Bonchev–Trinajstić information content (AvgIpc) is 2.45. The number of hydrogen-bond acceptors (Lipinski definition) is 2. The van der Waals surface area contributed by atoms with E-state index >= 15 is 0 Å². The Labute approximate surface area is 131 Å². The number of hydrogen-bond donors (Lipinski definition) is 1. The molecule has 1 N–H and O–H groups in total. The Morgan fingerprint density at radius 3 is 2.29 bits per heavy atom. The van der Waals surface area contributed by atoms with Crippen molar-refractivity contribution in [1.82, 2.24) is 10.2 Å². The fourth-order valence-corrected chi connectivity index (χ4v) is 3.06. The normalized spacial score (nSPS) is 16.2. The van der Waals surface area contributed by atoms with E-state index in [0.717, 1.165) is 25.6 Å². The molecule has 0 fully saturated rings. The fraction of sp³-hybridized carbons (Fsp3) is 0.684. The van der Waals surface area contributed by atoms with E-state index in [1.807, 2.05) is 0 Å². The number of likely N-dealkylation sites (N-methyl/N-ethyl adjacent to an activating group) is 2. The number of nitrogens with one attached hydrogen (secondary N) is 1. The zero-order chi connectivity index (χ0) is 15.9. The van der Waals surface area contributed by atoms with E-state index in [2.05, 4.69) is 82.2 Å². The molecule has 0 bridgehead atoms. The van der Waals surface area contributed by atoms with E-state index in [1.54, 1.807) is 0 Å². The van der Waals surface area contributed by atoms with Crippen molar-refractivity contribution in [3.05, 3.63) is 35.9 Å². The lowest BCUT2D eigenvalue weighted by Gasteiger charge is -2.37. The molecule has 0 saturated heterocycles. The van der Waals surface area contributed by atoms with Crippen LogP contribution in [0.2, 0.25) is 0 Å². The van der Waals surface area contributed by atoms with Crippen molar-refractivity contribution in [1.29, 1.82) is 0 Å². The Kier molecular flexibility index (Phi) is 7.41. The summed E-state index contributed by atoms with van der Waals surface area (Å²) in [6.45, 7) is 14.6. The summed E-state index contributed by atoms with van der Waals surface area (Å²) in [5.41, 5.74) is 1.58. The molecule has 1 aromatic rings. The lowest BCUT2D eigenvalue weighted by molar-refractivity contribution is 0.181. The van der Waals surface area contributed by atoms with Crippen molar-refractivity contribution in [2.24, 2.45) is 5.92 Å². The van der Waals surface area contributed by atoms with Gasteiger partial charge in [0.2, 0.25) is 0 Å². The summed E-state index contributed by atoms with van der Waals surface area (Å²) in [6.07, 6.45) is 1.25. The third-order valence-electron chi connectivity index (χ3n) is 4.40. The molecule has 0 aliphatic heterocycles. The molecular formula is C19H34N2. The molecule has 0 aromatic heterocycles. The van der Waals surface area contributed by atoms with Crippen LogP contribution < -0.4 is 5.32 Å². The van der Waals surface area contributed by atoms with Crippen LogP contribution in [0.25, 0.3) is 0 Å². The lowest BCUT2D eigenvalue weighted by atomic mass is 9.81. The molecule has 21 heavy (non-hydrogen) atoms. The first-order valence-corrected chi connectivity index (χ1v) is 8.35. The molecule has 0 amide bonds. The molecule has 0 aliphatic rings. The van der Waals surface area contributed by atoms with Gasteiger partial charge in [-0.25, -0.2) is 0 Å². The van der Waals surface area contributed by atoms with Crippen molar-refractivity contribution in [2.45, 2.75) is 52.5 Å². The third kappa shape index (κ3) is 5.80. The molecule has 0 heterocycles. The molecule has 2 atom stereocenters. The van der Waals surface area contributed by atoms with Crippen LogP contribution in [-0.2, 0) is 5.41 Å². The van der Waals surface area contributed by atoms with Crippen LogP contribution in [0.15, 0.2) is 30.3 Å². The van der Waals surface area contributed by atoms with E-state index in [1.165, 1.54) is 12.0 Å². The quantitative estimate of drug-likeness (QED) is 0.741.